The summed E-state index contributed by atoms with van der Waals surface area (Å²) in [6.45, 7) is 4.82. The molecule has 1 amide bonds. The first-order valence-corrected chi connectivity index (χ1v) is 9.87. The average Bonchev–Trinajstić information content (AvgIpc) is 3.22. The summed E-state index contributed by atoms with van der Waals surface area (Å²) in [5.41, 5.74) is 3.34. The molecular formula is C22H24N2O3S. The number of rotatable bonds is 7. The highest BCUT2D eigenvalue weighted by molar-refractivity contribution is 7.09. The Labute approximate surface area is 169 Å². The van der Waals surface area contributed by atoms with E-state index in [0.29, 0.717) is 24.5 Å². The number of aromatic nitrogens is 1. The third-order valence-corrected chi connectivity index (χ3v) is 5.38. The second-order valence-corrected chi connectivity index (χ2v) is 7.64. The summed E-state index contributed by atoms with van der Waals surface area (Å²) >= 11 is 1.65. The maximum absolute atomic E-state index is 12.9. The zero-order valence-electron chi connectivity index (χ0n) is 16.6. The van der Waals surface area contributed by atoms with Crippen molar-refractivity contribution >= 4 is 17.2 Å². The molecule has 0 unspecified atom stereocenters. The molecule has 0 aliphatic heterocycles. The second-order valence-electron chi connectivity index (χ2n) is 6.60. The highest BCUT2D eigenvalue weighted by atomic mass is 32.1. The first-order chi connectivity index (χ1) is 13.5. The molecule has 6 heteroatoms. The molecular weight excluding hydrogens is 372 g/mol. The van der Waals surface area contributed by atoms with Gasteiger partial charge in [0.1, 0.15) is 18.1 Å². The monoisotopic (exact) mass is 396 g/mol. The van der Waals surface area contributed by atoms with Gasteiger partial charge in [-0.15, -0.1) is 11.3 Å². The lowest BCUT2D eigenvalue weighted by molar-refractivity contribution is 0.0782. The zero-order chi connectivity index (χ0) is 20.1. The van der Waals surface area contributed by atoms with Crippen molar-refractivity contribution in [3.05, 3.63) is 75.2 Å². The number of benzene rings is 1. The zero-order valence-corrected chi connectivity index (χ0v) is 17.4. The minimum atomic E-state index is -0.0812. The fraction of sp³-hybridized carbons (Fsp3) is 0.273. The SMILES string of the molecule is COc1c(C)cnc(CN(C)C(=O)c2cccc(OCc3cccs3)c2)c1C. The first-order valence-electron chi connectivity index (χ1n) is 8.99. The molecule has 3 rings (SSSR count). The lowest BCUT2D eigenvalue weighted by Gasteiger charge is -2.20. The van der Waals surface area contributed by atoms with Crippen molar-refractivity contribution in [2.45, 2.75) is 27.0 Å². The molecule has 0 saturated heterocycles. The van der Waals surface area contributed by atoms with Crippen molar-refractivity contribution < 1.29 is 14.3 Å². The largest absolute Gasteiger partial charge is 0.496 e. The molecule has 0 bridgehead atoms. The van der Waals surface area contributed by atoms with Crippen molar-refractivity contribution in [1.29, 1.82) is 0 Å². The van der Waals surface area contributed by atoms with Crippen LogP contribution in [-0.2, 0) is 13.2 Å². The fourth-order valence-electron chi connectivity index (χ4n) is 3.02. The Hall–Kier alpha value is -2.86. The predicted octanol–water partition coefficient (Wildman–Crippen LogP) is 4.62. The van der Waals surface area contributed by atoms with Crippen LogP contribution in [0.5, 0.6) is 11.5 Å². The van der Waals surface area contributed by atoms with Crippen LogP contribution in [0.2, 0.25) is 0 Å². The van der Waals surface area contributed by atoms with Crippen LogP contribution in [0.1, 0.15) is 32.1 Å². The van der Waals surface area contributed by atoms with Gasteiger partial charge in [0.2, 0.25) is 0 Å². The van der Waals surface area contributed by atoms with E-state index in [1.165, 1.54) is 0 Å². The van der Waals surface area contributed by atoms with E-state index in [9.17, 15) is 4.79 Å². The lowest BCUT2D eigenvalue weighted by atomic mass is 10.1. The standard InChI is InChI=1S/C22H24N2O3S/c1-15-12-23-20(16(2)21(15)26-4)13-24(3)22(25)17-7-5-8-18(11-17)27-14-19-9-6-10-28-19/h5-12H,13-14H2,1-4H3. The van der Waals surface area contributed by atoms with Crippen molar-refractivity contribution in [1.82, 2.24) is 9.88 Å². The summed E-state index contributed by atoms with van der Waals surface area (Å²) in [6.07, 6.45) is 1.78. The minimum Gasteiger partial charge on any atom is -0.496 e. The van der Waals surface area contributed by atoms with E-state index in [1.54, 1.807) is 48.7 Å². The maximum Gasteiger partial charge on any atom is 0.254 e. The smallest absolute Gasteiger partial charge is 0.254 e. The van der Waals surface area contributed by atoms with Crippen molar-refractivity contribution in [2.75, 3.05) is 14.2 Å². The number of carbonyl (C=O) groups is 1. The van der Waals surface area contributed by atoms with Crippen LogP contribution in [0.15, 0.2) is 48.0 Å². The molecule has 0 aliphatic rings. The Balaban J connectivity index is 1.70. The number of pyridine rings is 1. The van der Waals surface area contributed by atoms with Crippen LogP contribution in [0.3, 0.4) is 0 Å². The lowest BCUT2D eigenvalue weighted by Crippen LogP contribution is -2.27. The van der Waals surface area contributed by atoms with E-state index in [4.69, 9.17) is 9.47 Å². The van der Waals surface area contributed by atoms with E-state index in [1.807, 2.05) is 43.5 Å². The second kappa shape index (κ2) is 8.89. The van der Waals surface area contributed by atoms with Gasteiger partial charge in [0.15, 0.2) is 0 Å². The third kappa shape index (κ3) is 4.51. The van der Waals surface area contributed by atoms with Gasteiger partial charge in [-0.1, -0.05) is 12.1 Å². The summed E-state index contributed by atoms with van der Waals surface area (Å²) < 4.78 is 11.3. The highest BCUT2D eigenvalue weighted by Crippen LogP contribution is 2.25. The quantitative estimate of drug-likeness (QED) is 0.585. The van der Waals surface area contributed by atoms with Crippen LogP contribution in [0.4, 0.5) is 0 Å². The number of ether oxygens (including phenoxy) is 2. The van der Waals surface area contributed by atoms with Crippen LogP contribution in [-0.4, -0.2) is 29.9 Å². The summed E-state index contributed by atoms with van der Waals surface area (Å²) in [7, 11) is 3.42. The Morgan fingerprint density at radius 2 is 2.04 bits per heavy atom. The molecule has 2 aromatic heterocycles. The normalized spacial score (nSPS) is 10.6. The number of thiophene rings is 1. The number of amides is 1. The Bertz CT molecular complexity index is 954. The molecule has 3 aromatic rings. The van der Waals surface area contributed by atoms with Crippen molar-refractivity contribution in [2.24, 2.45) is 0 Å². The van der Waals surface area contributed by atoms with Gasteiger partial charge in [0.05, 0.1) is 19.3 Å². The Kier molecular flexibility index (Phi) is 6.31. The van der Waals surface area contributed by atoms with E-state index >= 15 is 0 Å². The molecule has 0 N–H and O–H groups in total. The van der Waals surface area contributed by atoms with Crippen LogP contribution >= 0.6 is 11.3 Å². The van der Waals surface area contributed by atoms with Gasteiger partial charge >= 0.3 is 0 Å². The summed E-state index contributed by atoms with van der Waals surface area (Å²) in [6, 6.07) is 11.3. The van der Waals surface area contributed by atoms with E-state index < -0.39 is 0 Å². The topological polar surface area (TPSA) is 51.7 Å². The molecule has 0 spiro atoms. The van der Waals surface area contributed by atoms with E-state index in [0.717, 1.165) is 27.4 Å². The van der Waals surface area contributed by atoms with Gasteiger partial charge in [0, 0.05) is 34.8 Å². The predicted molar refractivity (Wildman–Crippen MR) is 111 cm³/mol. The number of methoxy groups -OCH3 is 1. The molecule has 2 heterocycles. The molecule has 146 valence electrons. The molecule has 5 nitrogen and oxygen atoms in total. The fourth-order valence-corrected chi connectivity index (χ4v) is 3.63. The van der Waals surface area contributed by atoms with Crippen LogP contribution in [0, 0.1) is 13.8 Å². The number of aryl methyl sites for hydroxylation is 1. The highest BCUT2D eigenvalue weighted by Gasteiger charge is 2.16. The Morgan fingerprint density at radius 1 is 1.21 bits per heavy atom. The number of hydrogen-bond donors (Lipinski definition) is 0. The van der Waals surface area contributed by atoms with Crippen LogP contribution < -0.4 is 9.47 Å². The number of hydrogen-bond acceptors (Lipinski definition) is 5. The van der Waals surface area contributed by atoms with Crippen molar-refractivity contribution in [3.8, 4) is 11.5 Å². The summed E-state index contributed by atoms with van der Waals surface area (Å²) in [5, 5.41) is 2.02. The summed E-state index contributed by atoms with van der Waals surface area (Å²) in [5.74, 6) is 1.41. The molecule has 28 heavy (non-hydrogen) atoms. The molecule has 1 aromatic carbocycles. The van der Waals surface area contributed by atoms with Gasteiger partial charge in [-0.25, -0.2) is 0 Å². The van der Waals surface area contributed by atoms with Crippen molar-refractivity contribution in [3.63, 3.8) is 0 Å². The molecule has 0 aliphatic carbocycles. The van der Waals surface area contributed by atoms with Crippen LogP contribution in [0.25, 0.3) is 0 Å². The van der Waals surface area contributed by atoms with Gasteiger partial charge < -0.3 is 14.4 Å². The molecule has 0 fully saturated rings. The molecule has 0 atom stereocenters. The average molecular weight is 397 g/mol. The minimum absolute atomic E-state index is 0.0812. The molecule has 0 radical (unpaired) electrons. The van der Waals surface area contributed by atoms with Gasteiger partial charge in [-0.05, 0) is 43.5 Å². The van der Waals surface area contributed by atoms with Gasteiger partial charge in [0.25, 0.3) is 5.91 Å². The first kappa shape index (κ1) is 19.9. The van der Waals surface area contributed by atoms with Gasteiger partial charge in [-0.2, -0.15) is 0 Å². The Morgan fingerprint density at radius 3 is 2.75 bits per heavy atom. The van der Waals surface area contributed by atoms with E-state index in [-0.39, 0.29) is 5.91 Å². The van der Waals surface area contributed by atoms with E-state index in [2.05, 4.69) is 4.98 Å². The molecule has 0 saturated carbocycles. The number of nitrogens with zero attached hydrogens (tertiary/aromatic N) is 2. The summed E-state index contributed by atoms with van der Waals surface area (Å²) in [4.78, 5) is 20.2. The third-order valence-electron chi connectivity index (χ3n) is 4.53. The van der Waals surface area contributed by atoms with Gasteiger partial charge in [-0.3, -0.25) is 9.78 Å². The number of carbonyl (C=O) groups excluding carboxylic acids is 1. The maximum atomic E-state index is 12.9.